The van der Waals surface area contributed by atoms with E-state index in [1.54, 1.807) is 32.7 Å². The molecule has 2 rings (SSSR count). The molecule has 0 aliphatic carbocycles. The molecule has 0 aliphatic rings. The van der Waals surface area contributed by atoms with Gasteiger partial charge in [-0.15, -0.1) is 0 Å². The van der Waals surface area contributed by atoms with Crippen molar-refractivity contribution in [3.63, 3.8) is 0 Å². The summed E-state index contributed by atoms with van der Waals surface area (Å²) in [4.78, 5) is 8.16. The van der Waals surface area contributed by atoms with Gasteiger partial charge < -0.3 is 14.8 Å². The molecule has 88 valence electrons. The average molecular weight is 231 g/mol. The Morgan fingerprint density at radius 3 is 2.35 bits per heavy atom. The van der Waals surface area contributed by atoms with Crippen LogP contribution in [0.4, 0.5) is 11.6 Å². The number of hydrogen-bond acceptors (Lipinski definition) is 5. The maximum Gasteiger partial charge on any atom is 0.227 e. The van der Waals surface area contributed by atoms with Gasteiger partial charge in [0.25, 0.3) is 0 Å². The zero-order valence-corrected chi connectivity index (χ0v) is 9.68. The predicted molar refractivity (Wildman–Crippen MR) is 64.9 cm³/mol. The first-order chi connectivity index (χ1) is 8.33. The van der Waals surface area contributed by atoms with Crippen LogP contribution < -0.4 is 14.8 Å². The highest BCUT2D eigenvalue weighted by Gasteiger charge is 2.04. The normalized spacial score (nSPS) is 9.76. The first kappa shape index (κ1) is 11.2. The number of rotatable bonds is 4. The third-order valence-electron chi connectivity index (χ3n) is 2.21. The fourth-order valence-electron chi connectivity index (χ4n) is 1.41. The molecule has 0 radical (unpaired) electrons. The van der Waals surface area contributed by atoms with Crippen LogP contribution in [0.5, 0.6) is 11.5 Å². The van der Waals surface area contributed by atoms with Crippen molar-refractivity contribution in [3.05, 3.63) is 36.7 Å². The van der Waals surface area contributed by atoms with Crippen LogP contribution in [0.25, 0.3) is 0 Å². The Kier molecular flexibility index (Phi) is 3.40. The first-order valence-electron chi connectivity index (χ1n) is 5.09. The Balaban J connectivity index is 2.22. The van der Waals surface area contributed by atoms with Gasteiger partial charge in [0.15, 0.2) is 11.5 Å². The van der Waals surface area contributed by atoms with E-state index in [1.807, 2.05) is 18.2 Å². The van der Waals surface area contributed by atoms with Gasteiger partial charge in [-0.05, 0) is 18.2 Å². The van der Waals surface area contributed by atoms with Crippen LogP contribution in [-0.4, -0.2) is 24.2 Å². The molecule has 0 aliphatic heterocycles. The highest BCUT2D eigenvalue weighted by atomic mass is 16.5. The van der Waals surface area contributed by atoms with Crippen LogP contribution in [0.15, 0.2) is 36.7 Å². The summed E-state index contributed by atoms with van der Waals surface area (Å²) in [6, 6.07) is 7.29. The van der Waals surface area contributed by atoms with Gasteiger partial charge in [-0.1, -0.05) is 0 Å². The van der Waals surface area contributed by atoms with Crippen molar-refractivity contribution < 1.29 is 9.47 Å². The number of ether oxygens (including phenoxy) is 2. The summed E-state index contributed by atoms with van der Waals surface area (Å²) >= 11 is 0. The summed E-state index contributed by atoms with van der Waals surface area (Å²) < 4.78 is 10.4. The van der Waals surface area contributed by atoms with Crippen molar-refractivity contribution >= 4 is 11.6 Å². The van der Waals surface area contributed by atoms with Gasteiger partial charge in [0.05, 0.1) is 14.2 Å². The van der Waals surface area contributed by atoms with Gasteiger partial charge >= 0.3 is 0 Å². The Bertz CT molecular complexity index is 488. The first-order valence-corrected chi connectivity index (χ1v) is 5.09. The molecule has 0 atom stereocenters. The van der Waals surface area contributed by atoms with Crippen molar-refractivity contribution in [3.8, 4) is 11.5 Å². The molecule has 1 heterocycles. The van der Waals surface area contributed by atoms with Crippen molar-refractivity contribution in [2.24, 2.45) is 0 Å². The second kappa shape index (κ2) is 5.16. The Morgan fingerprint density at radius 1 is 1.00 bits per heavy atom. The molecule has 17 heavy (non-hydrogen) atoms. The van der Waals surface area contributed by atoms with Gasteiger partial charge in [-0.25, -0.2) is 9.97 Å². The lowest BCUT2D eigenvalue weighted by Gasteiger charge is -2.10. The van der Waals surface area contributed by atoms with E-state index in [1.165, 1.54) is 0 Å². The van der Waals surface area contributed by atoms with Crippen molar-refractivity contribution in [1.29, 1.82) is 0 Å². The molecule has 0 fully saturated rings. The number of methoxy groups -OCH3 is 2. The second-order valence-electron chi connectivity index (χ2n) is 3.27. The number of benzene rings is 1. The lowest BCUT2D eigenvalue weighted by Crippen LogP contribution is -1.97. The number of anilines is 2. The predicted octanol–water partition coefficient (Wildman–Crippen LogP) is 2.24. The van der Waals surface area contributed by atoms with Crippen LogP contribution in [-0.2, 0) is 0 Å². The standard InChI is InChI=1S/C12H13N3O2/c1-16-10-5-4-9(8-11(10)17-2)15-12-13-6-3-7-14-12/h3-8H,1-2H3,(H,13,14,15). The van der Waals surface area contributed by atoms with E-state index in [2.05, 4.69) is 15.3 Å². The smallest absolute Gasteiger partial charge is 0.227 e. The molecule has 2 aromatic rings. The maximum absolute atomic E-state index is 5.21. The van der Waals surface area contributed by atoms with E-state index in [0.29, 0.717) is 17.4 Å². The van der Waals surface area contributed by atoms with E-state index in [0.717, 1.165) is 5.69 Å². The fraction of sp³-hybridized carbons (Fsp3) is 0.167. The number of nitrogens with one attached hydrogen (secondary N) is 1. The Labute approximate surface area is 99.4 Å². The minimum absolute atomic E-state index is 0.541. The lowest BCUT2D eigenvalue weighted by molar-refractivity contribution is 0.355. The highest BCUT2D eigenvalue weighted by molar-refractivity contribution is 5.59. The third-order valence-corrected chi connectivity index (χ3v) is 2.21. The lowest BCUT2D eigenvalue weighted by atomic mass is 10.3. The SMILES string of the molecule is COc1ccc(Nc2ncccn2)cc1OC. The summed E-state index contributed by atoms with van der Waals surface area (Å²) in [5.74, 6) is 1.89. The molecular weight excluding hydrogens is 218 g/mol. The molecule has 0 bridgehead atoms. The number of hydrogen-bond donors (Lipinski definition) is 1. The second-order valence-corrected chi connectivity index (χ2v) is 3.27. The molecule has 0 unspecified atom stereocenters. The molecule has 5 nitrogen and oxygen atoms in total. The zero-order valence-electron chi connectivity index (χ0n) is 9.68. The fourth-order valence-corrected chi connectivity index (χ4v) is 1.41. The molecule has 1 N–H and O–H groups in total. The summed E-state index contributed by atoms with van der Waals surface area (Å²) in [5.41, 5.74) is 0.842. The molecular formula is C12H13N3O2. The number of nitrogens with zero attached hydrogens (tertiary/aromatic N) is 2. The number of aromatic nitrogens is 2. The van der Waals surface area contributed by atoms with Crippen molar-refractivity contribution in [2.45, 2.75) is 0 Å². The topological polar surface area (TPSA) is 56.3 Å². The Morgan fingerprint density at radius 2 is 1.71 bits per heavy atom. The molecule has 0 saturated heterocycles. The van der Waals surface area contributed by atoms with Crippen LogP contribution in [0, 0.1) is 0 Å². The summed E-state index contributed by atoms with van der Waals surface area (Å²) in [6.45, 7) is 0. The van der Waals surface area contributed by atoms with Gasteiger partial charge in [0.2, 0.25) is 5.95 Å². The monoisotopic (exact) mass is 231 g/mol. The van der Waals surface area contributed by atoms with E-state index < -0.39 is 0 Å². The molecule has 0 amide bonds. The molecule has 0 spiro atoms. The molecule has 1 aromatic heterocycles. The summed E-state index contributed by atoms with van der Waals surface area (Å²) in [7, 11) is 3.20. The highest BCUT2D eigenvalue weighted by Crippen LogP contribution is 2.30. The van der Waals surface area contributed by atoms with Crippen LogP contribution >= 0.6 is 0 Å². The van der Waals surface area contributed by atoms with Crippen LogP contribution in [0.2, 0.25) is 0 Å². The van der Waals surface area contributed by atoms with E-state index in [4.69, 9.17) is 9.47 Å². The van der Waals surface area contributed by atoms with Gasteiger partial charge in [-0.2, -0.15) is 0 Å². The quantitative estimate of drug-likeness (QED) is 0.874. The molecule has 5 heteroatoms. The van der Waals surface area contributed by atoms with Gasteiger partial charge in [-0.3, -0.25) is 0 Å². The average Bonchev–Trinajstić information content (AvgIpc) is 2.40. The van der Waals surface area contributed by atoms with Gasteiger partial charge in [0.1, 0.15) is 0 Å². The van der Waals surface area contributed by atoms with E-state index in [-0.39, 0.29) is 0 Å². The third kappa shape index (κ3) is 2.63. The van der Waals surface area contributed by atoms with Crippen molar-refractivity contribution in [1.82, 2.24) is 9.97 Å². The Hall–Kier alpha value is -2.30. The summed E-state index contributed by atoms with van der Waals surface area (Å²) in [5, 5.41) is 3.07. The van der Waals surface area contributed by atoms with Crippen LogP contribution in [0.1, 0.15) is 0 Å². The van der Waals surface area contributed by atoms with Crippen molar-refractivity contribution in [2.75, 3.05) is 19.5 Å². The van der Waals surface area contributed by atoms with E-state index >= 15 is 0 Å². The zero-order chi connectivity index (χ0) is 12.1. The summed E-state index contributed by atoms with van der Waals surface area (Å²) in [6.07, 6.45) is 3.35. The minimum Gasteiger partial charge on any atom is -0.493 e. The maximum atomic E-state index is 5.21. The van der Waals surface area contributed by atoms with Crippen LogP contribution in [0.3, 0.4) is 0 Å². The largest absolute Gasteiger partial charge is 0.493 e. The van der Waals surface area contributed by atoms with Gasteiger partial charge in [0, 0.05) is 24.1 Å². The molecule has 1 aromatic carbocycles. The van der Waals surface area contributed by atoms with E-state index in [9.17, 15) is 0 Å². The minimum atomic E-state index is 0.541. The molecule has 0 saturated carbocycles.